The van der Waals surface area contributed by atoms with Crippen LogP contribution in [0, 0.1) is 12.8 Å². The highest BCUT2D eigenvalue weighted by Gasteiger charge is 2.39. The summed E-state index contributed by atoms with van der Waals surface area (Å²) in [4.78, 5) is 24.9. The maximum absolute atomic E-state index is 13.4. The first-order chi connectivity index (χ1) is 15.8. The molecule has 33 heavy (non-hydrogen) atoms. The average Bonchev–Trinajstić information content (AvgIpc) is 2.80. The van der Waals surface area contributed by atoms with Gasteiger partial charge in [-0.3, -0.25) is 9.59 Å². The Bertz CT molecular complexity index is 1380. The molecule has 3 aromatic rings. The summed E-state index contributed by atoms with van der Waals surface area (Å²) >= 11 is 0. The molecule has 1 amide bonds. The van der Waals surface area contributed by atoms with Crippen molar-refractivity contribution in [1.82, 2.24) is 8.87 Å². The van der Waals surface area contributed by atoms with Crippen molar-refractivity contribution >= 4 is 21.6 Å². The molecule has 170 valence electrons. The van der Waals surface area contributed by atoms with Gasteiger partial charge in [-0.25, -0.2) is 8.42 Å². The molecule has 3 heterocycles. The van der Waals surface area contributed by atoms with E-state index in [1.807, 2.05) is 25.1 Å². The number of benzene rings is 2. The highest BCUT2D eigenvalue weighted by Crippen LogP contribution is 2.37. The number of sulfonamides is 1. The van der Waals surface area contributed by atoms with Crippen LogP contribution in [0.5, 0.6) is 0 Å². The first-order valence-electron chi connectivity index (χ1n) is 11.0. The molecule has 1 aromatic heterocycles. The molecule has 0 saturated carbocycles. The Kier molecular flexibility index (Phi) is 5.42. The van der Waals surface area contributed by atoms with E-state index in [9.17, 15) is 18.0 Å². The summed E-state index contributed by atoms with van der Waals surface area (Å²) in [6.45, 7) is 3.21. The topological polar surface area (TPSA) is 88.5 Å². The second kappa shape index (κ2) is 8.28. The number of hydrogen-bond donors (Lipinski definition) is 1. The van der Waals surface area contributed by atoms with Gasteiger partial charge in [0.05, 0.1) is 4.90 Å². The number of fused-ring (bicyclic) bond motifs is 4. The van der Waals surface area contributed by atoms with Gasteiger partial charge < -0.3 is 9.88 Å². The zero-order valence-electron chi connectivity index (χ0n) is 18.3. The molecule has 0 spiro atoms. The number of carbonyl (C=O) groups is 1. The number of anilines is 1. The number of nitrogens with one attached hydrogen (secondary N) is 1. The Morgan fingerprint density at radius 1 is 0.970 bits per heavy atom. The lowest BCUT2D eigenvalue weighted by Gasteiger charge is -2.42. The zero-order chi connectivity index (χ0) is 23.2. The first kappa shape index (κ1) is 21.6. The third-order valence-electron chi connectivity index (χ3n) is 6.48. The van der Waals surface area contributed by atoms with Gasteiger partial charge in [0.1, 0.15) is 0 Å². The summed E-state index contributed by atoms with van der Waals surface area (Å²) in [7, 11) is -3.69. The van der Waals surface area contributed by atoms with Crippen LogP contribution < -0.4 is 10.9 Å². The van der Waals surface area contributed by atoms with E-state index in [2.05, 4.69) is 5.32 Å². The van der Waals surface area contributed by atoms with E-state index >= 15 is 0 Å². The predicted molar refractivity (Wildman–Crippen MR) is 126 cm³/mol. The lowest BCUT2D eigenvalue weighted by molar-refractivity contribution is 0.102. The van der Waals surface area contributed by atoms with E-state index in [0.717, 1.165) is 17.7 Å². The van der Waals surface area contributed by atoms with E-state index in [-0.39, 0.29) is 28.2 Å². The van der Waals surface area contributed by atoms with Crippen molar-refractivity contribution in [2.45, 2.75) is 30.7 Å². The fraction of sp³-hybridized carbons (Fsp3) is 0.280. The minimum absolute atomic E-state index is 0.00839. The van der Waals surface area contributed by atoms with Gasteiger partial charge in [0.15, 0.2) is 0 Å². The molecule has 1 fully saturated rings. The van der Waals surface area contributed by atoms with Crippen LogP contribution in [0.15, 0.2) is 76.4 Å². The maximum Gasteiger partial charge on any atom is 0.255 e. The second-order valence-corrected chi connectivity index (χ2v) is 10.8. The third-order valence-corrected chi connectivity index (χ3v) is 8.32. The molecule has 2 aliphatic rings. The van der Waals surface area contributed by atoms with Gasteiger partial charge in [0.25, 0.3) is 11.5 Å². The van der Waals surface area contributed by atoms with Gasteiger partial charge in [-0.2, -0.15) is 4.31 Å². The molecule has 5 rings (SSSR count). The van der Waals surface area contributed by atoms with Crippen molar-refractivity contribution in [2.75, 3.05) is 18.4 Å². The highest BCUT2D eigenvalue weighted by molar-refractivity contribution is 7.89. The number of carbonyl (C=O) groups excluding carboxylic acids is 1. The number of rotatable bonds is 4. The third kappa shape index (κ3) is 4.12. The van der Waals surface area contributed by atoms with E-state index < -0.39 is 10.0 Å². The van der Waals surface area contributed by atoms with Crippen LogP contribution in [0.1, 0.15) is 34.0 Å². The molecule has 2 aromatic carbocycles. The molecule has 2 atom stereocenters. The van der Waals surface area contributed by atoms with E-state index in [4.69, 9.17) is 0 Å². The van der Waals surface area contributed by atoms with Gasteiger partial charge in [-0.1, -0.05) is 23.8 Å². The van der Waals surface area contributed by atoms with Gasteiger partial charge in [0, 0.05) is 48.6 Å². The van der Waals surface area contributed by atoms with Crippen LogP contribution in [-0.4, -0.2) is 36.3 Å². The van der Waals surface area contributed by atoms with Crippen molar-refractivity contribution < 1.29 is 13.2 Å². The van der Waals surface area contributed by atoms with E-state index in [1.54, 1.807) is 41.0 Å². The number of hydrogen-bond acceptors (Lipinski definition) is 4. The fourth-order valence-corrected chi connectivity index (χ4v) is 6.46. The standard InChI is InChI=1S/C25H25N3O4S/c1-17-4-2-5-19(12-17)25(30)26-21-8-10-22(11-9-21)33(31,32)27-14-18-13-20(16-27)23-6-3-7-24(29)28(23)15-18/h2-12,18,20H,13-16H2,1H3,(H,26,30)/t18-,20+/m0/s1. The Labute approximate surface area is 192 Å². The largest absolute Gasteiger partial charge is 0.322 e. The molecule has 2 aliphatic heterocycles. The van der Waals surface area contributed by atoms with Crippen molar-refractivity contribution in [3.05, 3.63) is 93.9 Å². The smallest absolute Gasteiger partial charge is 0.255 e. The van der Waals surface area contributed by atoms with Crippen molar-refractivity contribution in [3.63, 3.8) is 0 Å². The van der Waals surface area contributed by atoms with Crippen LogP contribution in [0.3, 0.4) is 0 Å². The SMILES string of the molecule is Cc1cccc(C(=O)Nc2ccc(S(=O)(=O)N3C[C@@H]4C[C@H](C3)c3cccc(=O)n3C4)cc2)c1. The number of piperidine rings is 1. The summed E-state index contributed by atoms with van der Waals surface area (Å²) in [6.07, 6.45) is 0.888. The molecular formula is C25H25N3O4S. The Morgan fingerprint density at radius 2 is 1.73 bits per heavy atom. The Hall–Kier alpha value is -3.23. The van der Waals surface area contributed by atoms with E-state index in [0.29, 0.717) is 30.9 Å². The van der Waals surface area contributed by atoms with Crippen LogP contribution in [0.25, 0.3) is 0 Å². The molecule has 0 aliphatic carbocycles. The Morgan fingerprint density at radius 3 is 2.48 bits per heavy atom. The predicted octanol–water partition coefficient (Wildman–Crippen LogP) is 3.22. The summed E-state index contributed by atoms with van der Waals surface area (Å²) in [5.74, 6) is -0.125. The fourth-order valence-electron chi connectivity index (χ4n) is 4.90. The van der Waals surface area contributed by atoms with Crippen LogP contribution in [0.4, 0.5) is 5.69 Å². The number of pyridine rings is 1. The van der Waals surface area contributed by atoms with Crippen LogP contribution >= 0.6 is 0 Å². The van der Waals surface area contributed by atoms with Crippen LogP contribution in [-0.2, 0) is 16.6 Å². The van der Waals surface area contributed by atoms with Crippen molar-refractivity contribution in [2.24, 2.45) is 5.92 Å². The molecule has 1 saturated heterocycles. The van der Waals surface area contributed by atoms with Gasteiger partial charge in [0.2, 0.25) is 10.0 Å². The number of aromatic nitrogens is 1. The molecule has 1 N–H and O–H groups in total. The highest BCUT2D eigenvalue weighted by atomic mass is 32.2. The maximum atomic E-state index is 13.4. The molecular weight excluding hydrogens is 438 g/mol. The zero-order valence-corrected chi connectivity index (χ0v) is 19.1. The van der Waals surface area contributed by atoms with E-state index in [1.165, 1.54) is 16.4 Å². The number of amides is 1. The Balaban J connectivity index is 1.33. The molecule has 2 bridgehead atoms. The quantitative estimate of drug-likeness (QED) is 0.644. The number of aryl methyl sites for hydroxylation is 1. The molecule has 0 radical (unpaired) electrons. The van der Waals surface area contributed by atoms with Crippen molar-refractivity contribution in [3.8, 4) is 0 Å². The average molecular weight is 464 g/mol. The summed E-state index contributed by atoms with van der Waals surface area (Å²) in [5.41, 5.74) is 2.95. The molecule has 7 nitrogen and oxygen atoms in total. The lowest BCUT2D eigenvalue weighted by atomic mass is 9.84. The first-order valence-corrected chi connectivity index (χ1v) is 12.4. The molecule has 0 unspecified atom stereocenters. The summed E-state index contributed by atoms with van der Waals surface area (Å²) in [6, 6.07) is 18.8. The lowest BCUT2D eigenvalue weighted by Crippen LogP contribution is -2.48. The summed E-state index contributed by atoms with van der Waals surface area (Å²) in [5, 5.41) is 2.81. The van der Waals surface area contributed by atoms with Crippen LogP contribution in [0.2, 0.25) is 0 Å². The minimum atomic E-state index is -3.69. The normalized spacial score (nSPS) is 20.2. The minimum Gasteiger partial charge on any atom is -0.322 e. The van der Waals surface area contributed by atoms with Crippen molar-refractivity contribution in [1.29, 1.82) is 0 Å². The summed E-state index contributed by atoms with van der Waals surface area (Å²) < 4.78 is 30.0. The van der Waals surface area contributed by atoms with Gasteiger partial charge in [-0.05, 0) is 61.7 Å². The van der Waals surface area contributed by atoms with Gasteiger partial charge in [-0.15, -0.1) is 0 Å². The second-order valence-electron chi connectivity index (χ2n) is 8.87. The molecule has 8 heteroatoms. The van der Waals surface area contributed by atoms with Gasteiger partial charge >= 0.3 is 0 Å². The number of nitrogens with zero attached hydrogens (tertiary/aromatic N) is 2. The monoisotopic (exact) mass is 463 g/mol.